The molecule has 6 N–H and O–H groups in total. The summed E-state index contributed by atoms with van der Waals surface area (Å²) in [4.78, 5) is 12.3. The molecule has 1 aliphatic rings. The second-order valence-corrected chi connectivity index (χ2v) is 5.17. The molecule has 1 heterocycles. The summed E-state index contributed by atoms with van der Waals surface area (Å²) in [6.07, 6.45) is -1.69. The van der Waals surface area contributed by atoms with E-state index in [0.717, 1.165) is 30.3 Å². The highest BCUT2D eigenvalue weighted by molar-refractivity contribution is 6.07. The number of ether oxygens (including phenoxy) is 1. The maximum absolute atomic E-state index is 12.3. The molecule has 8 heteroatoms. The number of benzene rings is 2. The molecule has 0 bridgehead atoms. The van der Waals surface area contributed by atoms with E-state index < -0.39 is 34.7 Å². The average Bonchev–Trinajstić information content (AvgIpc) is 2.41. The van der Waals surface area contributed by atoms with E-state index in [0.29, 0.717) is 0 Å². The minimum Gasteiger partial charge on any atom is -0.508 e. The molecule has 2 aromatic carbocycles. The van der Waals surface area contributed by atoms with Crippen molar-refractivity contribution in [3.8, 4) is 28.7 Å². The van der Waals surface area contributed by atoms with Gasteiger partial charge in [-0.3, -0.25) is 4.79 Å². The summed E-state index contributed by atoms with van der Waals surface area (Å²) in [5.74, 6) is -6.39. The third-order valence-electron chi connectivity index (χ3n) is 3.47. The number of carbonyl (C=O) groups is 1. The van der Waals surface area contributed by atoms with E-state index in [1.807, 2.05) is 0 Å². The van der Waals surface area contributed by atoms with Crippen LogP contribution in [0.25, 0.3) is 0 Å². The molecule has 0 spiro atoms. The van der Waals surface area contributed by atoms with Crippen LogP contribution >= 0.6 is 0 Å². The molecule has 0 saturated heterocycles. The van der Waals surface area contributed by atoms with Crippen molar-refractivity contribution >= 4 is 5.78 Å². The van der Waals surface area contributed by atoms with Crippen molar-refractivity contribution in [2.75, 3.05) is 0 Å². The molecule has 1 unspecified atom stereocenters. The van der Waals surface area contributed by atoms with Gasteiger partial charge in [-0.2, -0.15) is 0 Å². The Balaban J connectivity index is 2.18. The number of hydrogen-bond donors (Lipinski definition) is 6. The van der Waals surface area contributed by atoms with Gasteiger partial charge in [0.25, 0.3) is 5.79 Å². The number of phenolic OH excluding ortho intramolecular Hbond substituents is 4. The first kappa shape index (κ1) is 14.9. The summed E-state index contributed by atoms with van der Waals surface area (Å²) in [6.45, 7) is 0. The van der Waals surface area contributed by atoms with Crippen molar-refractivity contribution in [1.82, 2.24) is 0 Å². The lowest BCUT2D eigenvalue weighted by Crippen LogP contribution is -2.49. The van der Waals surface area contributed by atoms with Crippen molar-refractivity contribution in [3.05, 3.63) is 41.5 Å². The Morgan fingerprint density at radius 2 is 1.43 bits per heavy atom. The summed E-state index contributed by atoms with van der Waals surface area (Å²) in [7, 11) is 0. The molecule has 2 aromatic rings. The van der Waals surface area contributed by atoms with Crippen LogP contribution in [0.5, 0.6) is 28.7 Å². The van der Waals surface area contributed by atoms with Gasteiger partial charge in [0.2, 0.25) is 5.78 Å². The molecule has 0 radical (unpaired) electrons. The number of fused-ring (bicyclic) bond motifs is 1. The summed E-state index contributed by atoms with van der Waals surface area (Å²) in [5.41, 5.74) is -0.581. The van der Waals surface area contributed by atoms with Crippen LogP contribution < -0.4 is 4.74 Å². The Hall–Kier alpha value is -2.97. The summed E-state index contributed by atoms with van der Waals surface area (Å²) in [5, 5.41) is 58.4. The SMILES string of the molecule is O=C1c2c(O)cc(O)cc2OC(c2cc(O)cc(O)c2)C1(O)O. The van der Waals surface area contributed by atoms with Crippen LogP contribution in [0.2, 0.25) is 0 Å². The van der Waals surface area contributed by atoms with Crippen molar-refractivity contribution < 1.29 is 40.2 Å². The van der Waals surface area contributed by atoms with Gasteiger partial charge in [0.1, 0.15) is 34.3 Å². The van der Waals surface area contributed by atoms with Crippen LogP contribution in [0.4, 0.5) is 0 Å². The third kappa shape index (κ3) is 2.30. The fourth-order valence-electron chi connectivity index (χ4n) is 2.49. The molecule has 0 fully saturated rings. The van der Waals surface area contributed by atoms with Gasteiger partial charge in [-0.25, -0.2) is 0 Å². The monoisotopic (exact) mass is 320 g/mol. The van der Waals surface area contributed by atoms with Gasteiger partial charge < -0.3 is 35.4 Å². The normalized spacial score (nSPS) is 19.0. The lowest BCUT2D eigenvalue weighted by atomic mass is 9.89. The fraction of sp³-hybridized carbons (Fsp3) is 0.133. The van der Waals surface area contributed by atoms with Gasteiger partial charge in [-0.15, -0.1) is 0 Å². The first-order chi connectivity index (χ1) is 10.7. The van der Waals surface area contributed by atoms with Crippen molar-refractivity contribution in [1.29, 1.82) is 0 Å². The van der Waals surface area contributed by atoms with Crippen molar-refractivity contribution in [3.63, 3.8) is 0 Å². The van der Waals surface area contributed by atoms with E-state index in [1.165, 1.54) is 0 Å². The molecule has 0 amide bonds. The highest BCUT2D eigenvalue weighted by atomic mass is 16.6. The van der Waals surface area contributed by atoms with Gasteiger partial charge in [-0.05, 0) is 12.1 Å². The number of Topliss-reactive ketones (excluding diaryl/α,β-unsaturated/α-hetero) is 1. The maximum atomic E-state index is 12.3. The lowest BCUT2D eigenvalue weighted by molar-refractivity contribution is -0.186. The largest absolute Gasteiger partial charge is 0.508 e. The standard InChI is InChI=1S/C15H12O8/c16-7-1-6(2-8(17)3-7)14-15(21,22)13(20)12-10(19)4-9(18)5-11(12)23-14/h1-5,14,16-19,21-22H. The molecular weight excluding hydrogens is 308 g/mol. The van der Waals surface area contributed by atoms with E-state index in [2.05, 4.69) is 0 Å². The zero-order chi connectivity index (χ0) is 16.9. The third-order valence-corrected chi connectivity index (χ3v) is 3.47. The molecule has 0 aromatic heterocycles. The van der Waals surface area contributed by atoms with E-state index in [1.54, 1.807) is 0 Å². The first-order valence-corrected chi connectivity index (χ1v) is 6.45. The van der Waals surface area contributed by atoms with E-state index in [4.69, 9.17) is 4.74 Å². The molecule has 8 nitrogen and oxygen atoms in total. The second-order valence-electron chi connectivity index (χ2n) is 5.17. The van der Waals surface area contributed by atoms with Crippen LogP contribution in [0.3, 0.4) is 0 Å². The first-order valence-electron chi connectivity index (χ1n) is 6.45. The van der Waals surface area contributed by atoms with Crippen LogP contribution in [0.1, 0.15) is 22.0 Å². The Kier molecular flexibility index (Phi) is 3.10. The lowest BCUT2D eigenvalue weighted by Gasteiger charge is -2.35. The van der Waals surface area contributed by atoms with Gasteiger partial charge in [0.15, 0.2) is 6.10 Å². The molecule has 23 heavy (non-hydrogen) atoms. The minimum atomic E-state index is -3.05. The molecule has 120 valence electrons. The van der Waals surface area contributed by atoms with Crippen LogP contribution in [-0.4, -0.2) is 42.2 Å². The number of aromatic hydroxyl groups is 4. The summed E-state index contributed by atoms with van der Waals surface area (Å²) < 4.78 is 5.31. The van der Waals surface area contributed by atoms with Gasteiger partial charge in [0, 0.05) is 23.8 Å². The molecule has 0 saturated carbocycles. The summed E-state index contributed by atoms with van der Waals surface area (Å²) in [6, 6.07) is 5.05. The maximum Gasteiger partial charge on any atom is 0.271 e. The van der Waals surface area contributed by atoms with E-state index in [9.17, 15) is 35.4 Å². The molecule has 1 atom stereocenters. The molecule has 0 aliphatic carbocycles. The minimum absolute atomic E-state index is 0.0886. The molecular formula is C15H12O8. The smallest absolute Gasteiger partial charge is 0.271 e. The Morgan fingerprint density at radius 3 is 2.04 bits per heavy atom. The Bertz CT molecular complexity index is 791. The zero-order valence-electron chi connectivity index (χ0n) is 11.5. The fourth-order valence-corrected chi connectivity index (χ4v) is 2.49. The molecule has 1 aliphatic heterocycles. The Morgan fingerprint density at radius 1 is 0.870 bits per heavy atom. The number of hydrogen-bond acceptors (Lipinski definition) is 8. The number of phenols is 4. The molecule has 3 rings (SSSR count). The highest BCUT2D eigenvalue weighted by Crippen LogP contribution is 2.45. The quantitative estimate of drug-likeness (QED) is 0.416. The van der Waals surface area contributed by atoms with Crippen LogP contribution in [0, 0.1) is 0 Å². The van der Waals surface area contributed by atoms with E-state index in [-0.39, 0.29) is 22.8 Å². The number of carbonyl (C=O) groups excluding carboxylic acids is 1. The van der Waals surface area contributed by atoms with Crippen LogP contribution in [0.15, 0.2) is 30.3 Å². The summed E-state index contributed by atoms with van der Waals surface area (Å²) >= 11 is 0. The number of rotatable bonds is 1. The second kappa shape index (κ2) is 4.77. The van der Waals surface area contributed by atoms with Crippen molar-refractivity contribution in [2.24, 2.45) is 0 Å². The zero-order valence-corrected chi connectivity index (χ0v) is 11.5. The number of ketones is 1. The predicted octanol–water partition coefficient (Wildman–Crippen LogP) is 0.506. The predicted molar refractivity (Wildman–Crippen MR) is 74.4 cm³/mol. The van der Waals surface area contributed by atoms with Crippen LogP contribution in [-0.2, 0) is 0 Å². The Labute approximate surface area is 129 Å². The van der Waals surface area contributed by atoms with Gasteiger partial charge in [0.05, 0.1) is 0 Å². The number of aliphatic hydroxyl groups is 2. The highest BCUT2D eigenvalue weighted by Gasteiger charge is 2.51. The van der Waals surface area contributed by atoms with E-state index >= 15 is 0 Å². The van der Waals surface area contributed by atoms with Gasteiger partial charge >= 0.3 is 0 Å². The average molecular weight is 320 g/mol. The topological polar surface area (TPSA) is 148 Å². The van der Waals surface area contributed by atoms with Gasteiger partial charge in [-0.1, -0.05) is 0 Å². The van der Waals surface area contributed by atoms with Crippen molar-refractivity contribution in [2.45, 2.75) is 11.9 Å².